The highest BCUT2D eigenvalue weighted by Crippen LogP contribution is 2.31. The quantitative estimate of drug-likeness (QED) is 0.681. The molecule has 1 saturated heterocycles. The highest BCUT2D eigenvalue weighted by Gasteiger charge is 2.31. The monoisotopic (exact) mass is 407 g/mol. The van der Waals surface area contributed by atoms with Crippen LogP contribution in [0.25, 0.3) is 0 Å². The number of nitrogens with zero attached hydrogens (tertiary/aromatic N) is 2. The summed E-state index contributed by atoms with van der Waals surface area (Å²) in [6.07, 6.45) is 6.60. The Kier molecular flexibility index (Phi) is 6.04. The van der Waals surface area contributed by atoms with Crippen LogP contribution in [0.4, 0.5) is 11.4 Å². The van der Waals surface area contributed by atoms with Crippen LogP contribution in [0.3, 0.4) is 0 Å². The average molecular weight is 407 g/mol. The van der Waals surface area contributed by atoms with Crippen LogP contribution < -0.4 is 10.2 Å². The van der Waals surface area contributed by atoms with Gasteiger partial charge in [-0.3, -0.25) is 14.5 Å². The number of amides is 2. The normalized spacial score (nSPS) is 18.3. The Balaban J connectivity index is 1.91. The summed E-state index contributed by atoms with van der Waals surface area (Å²) in [5, 5.41) is 11.9. The second-order valence-electron chi connectivity index (χ2n) is 7.06. The molecule has 152 valence electrons. The van der Waals surface area contributed by atoms with Crippen LogP contribution >= 0.6 is 0 Å². The third kappa shape index (κ3) is 4.36. The number of nitrogens with one attached hydrogen (secondary N) is 1. The summed E-state index contributed by atoms with van der Waals surface area (Å²) in [5.74, 6) is -0.996. The molecular formula is C19H25N3O5S. The first kappa shape index (κ1) is 20.3. The summed E-state index contributed by atoms with van der Waals surface area (Å²) in [4.78, 5) is 27.5. The minimum atomic E-state index is -3.42. The molecular weight excluding hydrogens is 382 g/mol. The largest absolute Gasteiger partial charge is 0.395 e. The number of β-amino-alcohol motifs (C(OH)–C–C–N with tert-alkyl or cyclic N) is 1. The Morgan fingerprint density at radius 2 is 1.79 bits per heavy atom. The molecule has 0 aromatic heterocycles. The van der Waals surface area contributed by atoms with Crippen molar-refractivity contribution in [2.75, 3.05) is 42.7 Å². The predicted molar refractivity (Wildman–Crippen MR) is 106 cm³/mol. The molecule has 1 aromatic rings. The van der Waals surface area contributed by atoms with Crippen molar-refractivity contribution in [2.45, 2.75) is 30.6 Å². The number of hydrogen-bond acceptors (Lipinski definition) is 7. The molecule has 8 nitrogen and oxygen atoms in total. The molecule has 28 heavy (non-hydrogen) atoms. The third-order valence-corrected chi connectivity index (χ3v) is 6.06. The van der Waals surface area contributed by atoms with E-state index in [1.54, 1.807) is 12.1 Å². The summed E-state index contributed by atoms with van der Waals surface area (Å²) in [6, 6.07) is 4.84. The van der Waals surface area contributed by atoms with Crippen LogP contribution in [-0.4, -0.2) is 62.7 Å². The van der Waals surface area contributed by atoms with Crippen LogP contribution in [0.2, 0.25) is 0 Å². The Bertz CT molecular complexity index is 902. The van der Waals surface area contributed by atoms with Crippen molar-refractivity contribution in [1.29, 1.82) is 0 Å². The highest BCUT2D eigenvalue weighted by atomic mass is 32.2. The molecule has 2 N–H and O–H groups in total. The standard InChI is InChI=1S/C19H25N3O5S/c1-28(26,27)17-7-6-14(12-16(17)21-8-4-2-3-5-9-21)20-15-13-18(24)22(10-11-23)19(15)25/h6-7,12-13,20,23H,2-5,8-11H2,1H3. The molecule has 0 bridgehead atoms. The van der Waals surface area contributed by atoms with E-state index < -0.39 is 21.7 Å². The molecule has 3 rings (SSSR count). The van der Waals surface area contributed by atoms with Gasteiger partial charge in [0.1, 0.15) is 5.70 Å². The van der Waals surface area contributed by atoms with Crippen molar-refractivity contribution in [3.05, 3.63) is 30.0 Å². The lowest BCUT2D eigenvalue weighted by Gasteiger charge is -2.25. The molecule has 2 aliphatic rings. The highest BCUT2D eigenvalue weighted by molar-refractivity contribution is 7.90. The van der Waals surface area contributed by atoms with Gasteiger partial charge in [0.25, 0.3) is 11.8 Å². The van der Waals surface area contributed by atoms with Crippen molar-refractivity contribution >= 4 is 33.0 Å². The number of carbonyl (C=O) groups is 2. The maximum absolute atomic E-state index is 12.3. The summed E-state index contributed by atoms with van der Waals surface area (Å²) < 4.78 is 24.5. The molecule has 0 aliphatic carbocycles. The fourth-order valence-corrected chi connectivity index (χ4v) is 4.42. The number of aliphatic hydroxyl groups is 1. The molecule has 9 heteroatoms. The number of aliphatic hydroxyl groups excluding tert-OH is 1. The van der Waals surface area contributed by atoms with Gasteiger partial charge in [0.05, 0.1) is 23.7 Å². The molecule has 0 saturated carbocycles. The Morgan fingerprint density at radius 3 is 2.39 bits per heavy atom. The third-order valence-electron chi connectivity index (χ3n) is 4.92. The zero-order chi connectivity index (χ0) is 20.3. The number of rotatable bonds is 6. The average Bonchev–Trinajstić information content (AvgIpc) is 2.85. The molecule has 2 aliphatic heterocycles. The van der Waals surface area contributed by atoms with Crippen LogP contribution in [-0.2, 0) is 19.4 Å². The van der Waals surface area contributed by atoms with Gasteiger partial charge in [0, 0.05) is 31.1 Å². The lowest BCUT2D eigenvalue weighted by molar-refractivity contribution is -0.137. The second kappa shape index (κ2) is 8.32. The van der Waals surface area contributed by atoms with Crippen LogP contribution in [0.1, 0.15) is 25.7 Å². The molecule has 0 unspecified atom stereocenters. The molecule has 1 fully saturated rings. The molecule has 2 heterocycles. The van der Waals surface area contributed by atoms with E-state index in [0.717, 1.165) is 43.7 Å². The number of sulfone groups is 1. The van der Waals surface area contributed by atoms with Crippen LogP contribution in [0, 0.1) is 0 Å². The van der Waals surface area contributed by atoms with Gasteiger partial charge in [0.2, 0.25) is 0 Å². The number of anilines is 2. The van der Waals surface area contributed by atoms with Crippen molar-refractivity contribution in [3.63, 3.8) is 0 Å². The van der Waals surface area contributed by atoms with E-state index in [1.165, 1.54) is 18.4 Å². The molecule has 0 atom stereocenters. The predicted octanol–water partition coefficient (Wildman–Crippen LogP) is 1.13. The Hall–Kier alpha value is -2.39. The number of carbonyl (C=O) groups excluding carboxylic acids is 2. The van der Waals surface area contributed by atoms with Crippen LogP contribution in [0.5, 0.6) is 0 Å². The van der Waals surface area contributed by atoms with E-state index in [4.69, 9.17) is 5.11 Å². The van der Waals surface area contributed by atoms with Crippen molar-refractivity contribution in [2.24, 2.45) is 0 Å². The summed E-state index contributed by atoms with van der Waals surface area (Å²) in [5.41, 5.74) is 1.25. The van der Waals surface area contributed by atoms with E-state index in [-0.39, 0.29) is 23.7 Å². The maximum Gasteiger partial charge on any atom is 0.277 e. The van der Waals surface area contributed by atoms with E-state index in [2.05, 4.69) is 10.2 Å². The summed E-state index contributed by atoms with van der Waals surface area (Å²) in [6.45, 7) is 1.18. The van der Waals surface area contributed by atoms with Gasteiger partial charge in [-0.15, -0.1) is 0 Å². The summed E-state index contributed by atoms with van der Waals surface area (Å²) in [7, 11) is -3.42. The second-order valence-corrected chi connectivity index (χ2v) is 9.04. The van der Waals surface area contributed by atoms with E-state index >= 15 is 0 Å². The lowest BCUT2D eigenvalue weighted by Crippen LogP contribution is -2.34. The first-order valence-electron chi connectivity index (χ1n) is 9.36. The smallest absolute Gasteiger partial charge is 0.277 e. The Morgan fingerprint density at radius 1 is 1.11 bits per heavy atom. The fourth-order valence-electron chi connectivity index (χ4n) is 3.53. The van der Waals surface area contributed by atoms with Gasteiger partial charge in [-0.2, -0.15) is 0 Å². The zero-order valence-electron chi connectivity index (χ0n) is 15.8. The number of benzene rings is 1. The maximum atomic E-state index is 12.3. The Labute approximate surface area is 164 Å². The molecule has 0 spiro atoms. The minimum Gasteiger partial charge on any atom is -0.395 e. The van der Waals surface area contributed by atoms with Gasteiger partial charge in [-0.25, -0.2) is 8.42 Å². The molecule has 0 radical (unpaired) electrons. The van der Waals surface area contributed by atoms with Crippen LogP contribution in [0.15, 0.2) is 34.9 Å². The topological polar surface area (TPSA) is 107 Å². The fraction of sp³-hybridized carbons (Fsp3) is 0.474. The molecule has 1 aromatic carbocycles. The van der Waals surface area contributed by atoms with Gasteiger partial charge < -0.3 is 15.3 Å². The number of hydrogen-bond donors (Lipinski definition) is 2. The van der Waals surface area contributed by atoms with Crippen molar-refractivity contribution < 1.29 is 23.1 Å². The zero-order valence-corrected chi connectivity index (χ0v) is 16.7. The van der Waals surface area contributed by atoms with Gasteiger partial charge in [0.15, 0.2) is 9.84 Å². The minimum absolute atomic E-state index is 0.0641. The van der Waals surface area contributed by atoms with E-state index in [0.29, 0.717) is 11.4 Å². The summed E-state index contributed by atoms with van der Waals surface area (Å²) >= 11 is 0. The molecule has 2 amide bonds. The van der Waals surface area contributed by atoms with Gasteiger partial charge in [-0.05, 0) is 31.0 Å². The van der Waals surface area contributed by atoms with Crippen molar-refractivity contribution in [1.82, 2.24) is 4.90 Å². The SMILES string of the molecule is CS(=O)(=O)c1ccc(NC2=CC(=O)N(CCO)C2=O)cc1N1CCCCCC1. The first-order valence-corrected chi connectivity index (χ1v) is 11.2. The van der Waals surface area contributed by atoms with Crippen molar-refractivity contribution in [3.8, 4) is 0 Å². The van der Waals surface area contributed by atoms with E-state index in [9.17, 15) is 18.0 Å². The lowest BCUT2D eigenvalue weighted by atomic mass is 10.2. The van der Waals surface area contributed by atoms with Gasteiger partial charge >= 0.3 is 0 Å². The van der Waals surface area contributed by atoms with Gasteiger partial charge in [-0.1, -0.05) is 12.8 Å². The van der Waals surface area contributed by atoms with E-state index in [1.807, 2.05) is 0 Å². The first-order chi connectivity index (χ1) is 13.3. The number of imide groups is 1.